The number of benzene rings is 2. The van der Waals surface area contributed by atoms with E-state index in [0.29, 0.717) is 10.7 Å². The highest BCUT2D eigenvalue weighted by atomic mass is 35.5. The van der Waals surface area contributed by atoms with E-state index < -0.39 is 17.3 Å². The normalized spacial score (nSPS) is 10.9. The fraction of sp³-hybridized carbons (Fsp3) is 0. The molecule has 0 saturated carbocycles. The summed E-state index contributed by atoms with van der Waals surface area (Å²) in [6.45, 7) is 0. The van der Waals surface area contributed by atoms with Gasteiger partial charge in [0.25, 0.3) is 11.5 Å². The van der Waals surface area contributed by atoms with Crippen molar-refractivity contribution >= 4 is 35.9 Å². The summed E-state index contributed by atoms with van der Waals surface area (Å²) >= 11 is 11.0. The number of nitrogens with zero attached hydrogens (tertiary/aromatic N) is 2. The van der Waals surface area contributed by atoms with Gasteiger partial charge in [0, 0.05) is 5.02 Å². The highest BCUT2D eigenvalue weighted by molar-refractivity contribution is 7.71. The van der Waals surface area contributed by atoms with Gasteiger partial charge in [-0.25, -0.2) is 5.43 Å². The number of carbonyl (C=O) groups excluding carboxylic acids is 1. The Morgan fingerprint density at radius 1 is 1.18 bits per heavy atom. The minimum atomic E-state index is -0.687. The first-order valence-electron chi connectivity index (χ1n) is 7.84. The molecule has 0 bridgehead atoms. The number of aromatic hydroxyl groups is 2. The molecule has 3 rings (SSSR count). The van der Waals surface area contributed by atoms with Crippen molar-refractivity contribution in [2.45, 2.75) is 0 Å². The van der Waals surface area contributed by atoms with E-state index in [0.717, 1.165) is 6.21 Å². The second-order valence-corrected chi connectivity index (χ2v) is 6.35. The summed E-state index contributed by atoms with van der Waals surface area (Å²) in [5.41, 5.74) is 1.75. The lowest BCUT2D eigenvalue weighted by Gasteiger charge is -2.11. The van der Waals surface area contributed by atoms with Gasteiger partial charge in [0.05, 0.1) is 17.5 Å². The molecule has 0 fully saturated rings. The highest BCUT2D eigenvalue weighted by Gasteiger charge is 2.13. The number of phenolic OH excluding ortho intramolecular Hbond substituents is 1. The summed E-state index contributed by atoms with van der Waals surface area (Å²) in [4.78, 5) is 26.6. The SMILES string of the molecule is O=C(N/N=C\c1c(O)n(-c2ccc(Cl)cc2)c(=S)[nH]c1=O)c1ccccc1O. The predicted octanol–water partition coefficient (Wildman–Crippen LogP) is 2.72. The Labute approximate surface area is 168 Å². The van der Waals surface area contributed by atoms with Gasteiger partial charge in [-0.15, -0.1) is 0 Å². The molecule has 0 aliphatic carbocycles. The summed E-state index contributed by atoms with van der Waals surface area (Å²) in [5.74, 6) is -1.36. The van der Waals surface area contributed by atoms with Gasteiger partial charge in [0.1, 0.15) is 11.3 Å². The van der Waals surface area contributed by atoms with Crippen LogP contribution in [0.5, 0.6) is 11.6 Å². The number of para-hydroxylation sites is 1. The van der Waals surface area contributed by atoms with Crippen LogP contribution < -0.4 is 11.0 Å². The molecule has 3 aromatic rings. The Kier molecular flexibility index (Phi) is 5.57. The number of carbonyl (C=O) groups is 1. The third-order valence-corrected chi connectivity index (χ3v) is 4.25. The van der Waals surface area contributed by atoms with Crippen LogP contribution in [0.25, 0.3) is 5.69 Å². The Bertz CT molecular complexity index is 1190. The van der Waals surface area contributed by atoms with Gasteiger partial charge < -0.3 is 10.2 Å². The third kappa shape index (κ3) is 3.95. The number of halogens is 1. The minimum Gasteiger partial charge on any atom is -0.507 e. The van der Waals surface area contributed by atoms with Crippen LogP contribution in [-0.2, 0) is 0 Å². The molecule has 0 aliphatic heterocycles. The van der Waals surface area contributed by atoms with E-state index in [1.165, 1.54) is 16.7 Å². The van der Waals surface area contributed by atoms with Crippen molar-refractivity contribution in [1.82, 2.24) is 15.0 Å². The Morgan fingerprint density at radius 3 is 2.54 bits per heavy atom. The average molecular weight is 417 g/mol. The fourth-order valence-corrected chi connectivity index (χ4v) is 2.78. The van der Waals surface area contributed by atoms with Gasteiger partial charge in [-0.3, -0.25) is 19.1 Å². The largest absolute Gasteiger partial charge is 0.507 e. The van der Waals surface area contributed by atoms with Gasteiger partial charge in [-0.1, -0.05) is 23.7 Å². The first-order valence-corrected chi connectivity index (χ1v) is 8.62. The summed E-state index contributed by atoms with van der Waals surface area (Å²) in [6, 6.07) is 12.3. The maximum Gasteiger partial charge on any atom is 0.275 e. The lowest BCUT2D eigenvalue weighted by molar-refractivity contribution is 0.0952. The van der Waals surface area contributed by atoms with E-state index >= 15 is 0 Å². The molecule has 0 radical (unpaired) electrons. The molecule has 8 nitrogen and oxygen atoms in total. The molecule has 10 heteroatoms. The van der Waals surface area contributed by atoms with Gasteiger partial charge in [0.2, 0.25) is 5.88 Å². The number of phenols is 1. The van der Waals surface area contributed by atoms with Crippen molar-refractivity contribution in [1.29, 1.82) is 0 Å². The van der Waals surface area contributed by atoms with Crippen LogP contribution in [0, 0.1) is 4.77 Å². The van der Waals surface area contributed by atoms with Crippen LogP contribution >= 0.6 is 23.8 Å². The standard InChI is InChI=1S/C18H13ClN4O4S/c19-10-5-7-11(8-6-10)23-17(27)13(15(25)21-18(23)28)9-20-22-16(26)12-3-1-2-4-14(12)24/h1-9,24,27H,(H,22,26)(H,21,25,28)/b20-9-. The van der Waals surface area contributed by atoms with Gasteiger partial charge >= 0.3 is 0 Å². The lowest BCUT2D eigenvalue weighted by atomic mass is 10.2. The zero-order valence-corrected chi connectivity index (χ0v) is 15.7. The number of amides is 1. The number of aromatic nitrogens is 2. The molecule has 0 atom stereocenters. The molecule has 0 saturated heterocycles. The van der Waals surface area contributed by atoms with Crippen LogP contribution in [0.15, 0.2) is 58.4 Å². The monoisotopic (exact) mass is 416 g/mol. The average Bonchev–Trinajstić information content (AvgIpc) is 2.66. The first kappa shape index (κ1) is 19.3. The van der Waals surface area contributed by atoms with Gasteiger partial charge in [-0.2, -0.15) is 5.10 Å². The molecule has 1 heterocycles. The van der Waals surface area contributed by atoms with Crippen molar-refractivity contribution in [3.8, 4) is 17.3 Å². The first-order chi connectivity index (χ1) is 13.4. The maximum atomic E-state index is 12.1. The summed E-state index contributed by atoms with van der Waals surface area (Å²) < 4.78 is 1.19. The van der Waals surface area contributed by atoms with E-state index in [4.69, 9.17) is 23.8 Å². The number of hydrazone groups is 1. The third-order valence-electron chi connectivity index (χ3n) is 3.71. The van der Waals surface area contributed by atoms with Crippen molar-refractivity contribution in [2.24, 2.45) is 5.10 Å². The van der Waals surface area contributed by atoms with E-state index in [9.17, 15) is 19.8 Å². The van der Waals surface area contributed by atoms with Crippen molar-refractivity contribution in [2.75, 3.05) is 0 Å². The number of nitrogens with one attached hydrogen (secondary N) is 2. The summed E-state index contributed by atoms with van der Waals surface area (Å²) in [5, 5.41) is 24.3. The number of hydrogen-bond acceptors (Lipinski definition) is 6. The van der Waals surface area contributed by atoms with Crippen LogP contribution in [0.2, 0.25) is 5.02 Å². The number of H-pyrrole nitrogens is 1. The van der Waals surface area contributed by atoms with Crippen LogP contribution in [0.3, 0.4) is 0 Å². The number of rotatable bonds is 4. The van der Waals surface area contributed by atoms with Gasteiger partial charge in [-0.05, 0) is 48.6 Å². The molecule has 0 spiro atoms. The molecule has 0 unspecified atom stereocenters. The molecule has 28 heavy (non-hydrogen) atoms. The molecule has 142 valence electrons. The predicted molar refractivity (Wildman–Crippen MR) is 107 cm³/mol. The Morgan fingerprint density at radius 2 is 1.86 bits per heavy atom. The number of aromatic amines is 1. The summed E-state index contributed by atoms with van der Waals surface area (Å²) in [6.07, 6.45) is 0.979. The molecule has 1 aromatic heterocycles. The van der Waals surface area contributed by atoms with E-state index in [1.807, 2.05) is 0 Å². The molecule has 1 amide bonds. The quantitative estimate of drug-likeness (QED) is 0.296. The van der Waals surface area contributed by atoms with Crippen LogP contribution in [0.1, 0.15) is 15.9 Å². The molecular weight excluding hydrogens is 404 g/mol. The highest BCUT2D eigenvalue weighted by Crippen LogP contribution is 2.20. The van der Waals surface area contributed by atoms with Gasteiger partial charge in [0.15, 0.2) is 4.77 Å². The Balaban J connectivity index is 1.93. The minimum absolute atomic E-state index is 0.00918. The van der Waals surface area contributed by atoms with E-state index in [2.05, 4.69) is 15.5 Å². The van der Waals surface area contributed by atoms with Crippen molar-refractivity contribution in [3.63, 3.8) is 0 Å². The lowest BCUT2D eigenvalue weighted by Crippen LogP contribution is -2.21. The molecule has 4 N–H and O–H groups in total. The zero-order valence-electron chi connectivity index (χ0n) is 14.1. The summed E-state index contributed by atoms with van der Waals surface area (Å²) in [7, 11) is 0. The zero-order chi connectivity index (χ0) is 20.3. The Hall–Kier alpha value is -3.43. The van der Waals surface area contributed by atoms with Crippen molar-refractivity contribution in [3.05, 3.63) is 79.8 Å². The maximum absolute atomic E-state index is 12.1. The molecule has 0 aliphatic rings. The van der Waals surface area contributed by atoms with E-state index in [-0.39, 0.29) is 21.6 Å². The molecule has 2 aromatic carbocycles. The smallest absolute Gasteiger partial charge is 0.275 e. The topological polar surface area (TPSA) is 120 Å². The molecular formula is C18H13ClN4O4S. The fourth-order valence-electron chi connectivity index (χ4n) is 2.37. The number of hydrogen-bond donors (Lipinski definition) is 4. The van der Waals surface area contributed by atoms with E-state index in [1.54, 1.807) is 36.4 Å². The second-order valence-electron chi connectivity index (χ2n) is 5.52. The van der Waals surface area contributed by atoms with Crippen LogP contribution in [0.4, 0.5) is 0 Å². The second kappa shape index (κ2) is 8.07. The van der Waals surface area contributed by atoms with Crippen LogP contribution in [-0.4, -0.2) is 31.9 Å². The van der Waals surface area contributed by atoms with Crippen molar-refractivity contribution < 1.29 is 15.0 Å².